The second-order valence-corrected chi connectivity index (χ2v) is 6.74. The van der Waals surface area contributed by atoms with Crippen LogP contribution in [0.1, 0.15) is 27.0 Å². The molecule has 0 unspecified atom stereocenters. The quantitative estimate of drug-likeness (QED) is 0.442. The van der Waals surface area contributed by atoms with Crippen molar-refractivity contribution in [3.8, 4) is 11.5 Å². The van der Waals surface area contributed by atoms with Crippen LogP contribution in [-0.2, 0) is 6.61 Å². The van der Waals surface area contributed by atoms with Crippen LogP contribution in [0.5, 0.6) is 11.5 Å². The smallest absolute Gasteiger partial charge is 0.272 e. The molecule has 0 heterocycles. The Kier molecular flexibility index (Phi) is 6.87. The van der Waals surface area contributed by atoms with Crippen LogP contribution in [-0.4, -0.2) is 19.2 Å². The fourth-order valence-corrected chi connectivity index (χ4v) is 2.99. The number of benzene rings is 3. The molecule has 0 radical (unpaired) electrons. The standard InChI is InChI=1S/C23H21ClN2O3/c1-16-7-5-8-17(13-16)15-29-22-18(9-6-12-21(22)28-2)14-25-26-23(27)19-10-3-4-11-20(19)24/h3-14H,15H2,1-2H3,(H,26,27)/b25-14-. The fourth-order valence-electron chi connectivity index (χ4n) is 2.77. The molecular weight excluding hydrogens is 388 g/mol. The van der Waals surface area contributed by atoms with E-state index < -0.39 is 5.91 Å². The van der Waals surface area contributed by atoms with Gasteiger partial charge in [-0.05, 0) is 36.8 Å². The largest absolute Gasteiger partial charge is 0.493 e. The topological polar surface area (TPSA) is 59.9 Å². The molecule has 148 valence electrons. The molecule has 1 N–H and O–H groups in total. The van der Waals surface area contributed by atoms with Gasteiger partial charge in [0.1, 0.15) is 6.61 Å². The maximum atomic E-state index is 12.2. The summed E-state index contributed by atoms with van der Waals surface area (Å²) in [5, 5.41) is 4.41. The lowest BCUT2D eigenvalue weighted by Crippen LogP contribution is -2.18. The number of halogens is 1. The minimum Gasteiger partial charge on any atom is -0.493 e. The van der Waals surface area contributed by atoms with Gasteiger partial charge in [-0.15, -0.1) is 0 Å². The summed E-state index contributed by atoms with van der Waals surface area (Å²) in [6.07, 6.45) is 1.52. The number of rotatable bonds is 7. The lowest BCUT2D eigenvalue weighted by atomic mass is 10.1. The van der Waals surface area contributed by atoms with Gasteiger partial charge < -0.3 is 9.47 Å². The number of amides is 1. The molecule has 0 aliphatic rings. The van der Waals surface area contributed by atoms with E-state index in [1.807, 2.05) is 43.3 Å². The van der Waals surface area contributed by atoms with E-state index >= 15 is 0 Å². The summed E-state index contributed by atoms with van der Waals surface area (Å²) in [4.78, 5) is 12.2. The summed E-state index contributed by atoms with van der Waals surface area (Å²) in [6, 6.07) is 20.3. The Morgan fingerprint density at radius 3 is 2.66 bits per heavy atom. The first kappa shape index (κ1) is 20.4. The van der Waals surface area contributed by atoms with Crippen LogP contribution in [0, 0.1) is 6.92 Å². The third kappa shape index (κ3) is 5.36. The number of aryl methyl sites for hydroxylation is 1. The fraction of sp³-hybridized carbons (Fsp3) is 0.130. The van der Waals surface area contributed by atoms with Crippen molar-refractivity contribution in [2.75, 3.05) is 7.11 Å². The zero-order valence-corrected chi connectivity index (χ0v) is 16.9. The molecule has 0 aliphatic heterocycles. The third-order valence-electron chi connectivity index (χ3n) is 4.18. The minimum atomic E-state index is -0.392. The Bertz CT molecular complexity index is 1030. The number of hydrogen-bond donors (Lipinski definition) is 1. The van der Waals surface area contributed by atoms with E-state index in [9.17, 15) is 4.79 Å². The highest BCUT2D eigenvalue weighted by Crippen LogP contribution is 2.31. The van der Waals surface area contributed by atoms with E-state index in [4.69, 9.17) is 21.1 Å². The van der Waals surface area contributed by atoms with Gasteiger partial charge in [-0.25, -0.2) is 5.43 Å². The Morgan fingerprint density at radius 2 is 1.90 bits per heavy atom. The SMILES string of the molecule is COc1cccc(/C=N\NC(=O)c2ccccc2Cl)c1OCc1cccc(C)c1. The molecule has 0 saturated heterocycles. The zero-order valence-electron chi connectivity index (χ0n) is 16.2. The number of carbonyl (C=O) groups excluding carboxylic acids is 1. The van der Waals surface area contributed by atoms with E-state index in [1.54, 1.807) is 31.4 Å². The summed E-state index contributed by atoms with van der Waals surface area (Å²) in [5.41, 5.74) is 5.72. The molecule has 0 bridgehead atoms. The Morgan fingerprint density at radius 1 is 1.10 bits per heavy atom. The van der Waals surface area contributed by atoms with Crippen LogP contribution in [0.2, 0.25) is 5.02 Å². The Labute approximate surface area is 174 Å². The van der Waals surface area contributed by atoms with Gasteiger partial charge in [-0.2, -0.15) is 5.10 Å². The lowest BCUT2D eigenvalue weighted by molar-refractivity contribution is 0.0955. The van der Waals surface area contributed by atoms with Crippen LogP contribution in [0.15, 0.2) is 71.8 Å². The van der Waals surface area contributed by atoms with Crippen LogP contribution in [0.25, 0.3) is 0 Å². The maximum absolute atomic E-state index is 12.2. The second kappa shape index (κ2) is 9.75. The van der Waals surface area contributed by atoms with E-state index in [0.717, 1.165) is 11.1 Å². The summed E-state index contributed by atoms with van der Waals surface area (Å²) in [7, 11) is 1.58. The van der Waals surface area contributed by atoms with Crippen LogP contribution >= 0.6 is 11.6 Å². The van der Waals surface area contributed by atoms with E-state index in [-0.39, 0.29) is 0 Å². The molecule has 0 aliphatic carbocycles. The number of para-hydroxylation sites is 1. The van der Waals surface area contributed by atoms with Crippen molar-refractivity contribution in [1.29, 1.82) is 0 Å². The molecule has 3 rings (SSSR count). The number of carbonyl (C=O) groups is 1. The molecule has 1 amide bonds. The molecule has 6 heteroatoms. The number of nitrogens with zero attached hydrogens (tertiary/aromatic N) is 1. The molecule has 3 aromatic rings. The zero-order chi connectivity index (χ0) is 20.6. The Hall–Kier alpha value is -3.31. The third-order valence-corrected chi connectivity index (χ3v) is 4.51. The number of nitrogens with one attached hydrogen (secondary N) is 1. The summed E-state index contributed by atoms with van der Waals surface area (Å²) in [6.45, 7) is 2.42. The molecule has 3 aromatic carbocycles. The molecule has 5 nitrogen and oxygen atoms in total. The highest BCUT2D eigenvalue weighted by molar-refractivity contribution is 6.33. The number of ether oxygens (including phenoxy) is 2. The van der Waals surface area contributed by atoms with E-state index in [2.05, 4.69) is 16.6 Å². The first-order chi connectivity index (χ1) is 14.1. The molecule has 0 fully saturated rings. The molecule has 29 heavy (non-hydrogen) atoms. The van der Waals surface area contributed by atoms with Crippen molar-refractivity contribution < 1.29 is 14.3 Å². The average Bonchev–Trinajstić information content (AvgIpc) is 2.72. The van der Waals surface area contributed by atoms with Gasteiger partial charge in [-0.3, -0.25) is 4.79 Å². The molecule has 0 aromatic heterocycles. The van der Waals surface area contributed by atoms with Gasteiger partial charge in [0.2, 0.25) is 0 Å². The molecule has 0 saturated carbocycles. The van der Waals surface area contributed by atoms with Crippen molar-refractivity contribution in [3.63, 3.8) is 0 Å². The monoisotopic (exact) mass is 408 g/mol. The normalized spacial score (nSPS) is 10.7. The van der Waals surface area contributed by atoms with Gasteiger partial charge in [-0.1, -0.05) is 59.6 Å². The van der Waals surface area contributed by atoms with Gasteiger partial charge in [0.15, 0.2) is 11.5 Å². The second-order valence-electron chi connectivity index (χ2n) is 6.34. The first-order valence-electron chi connectivity index (χ1n) is 9.02. The maximum Gasteiger partial charge on any atom is 0.272 e. The highest BCUT2D eigenvalue weighted by Gasteiger charge is 2.11. The van der Waals surface area contributed by atoms with Gasteiger partial charge in [0.05, 0.1) is 23.9 Å². The summed E-state index contributed by atoms with van der Waals surface area (Å²) in [5.74, 6) is 0.739. The summed E-state index contributed by atoms with van der Waals surface area (Å²) < 4.78 is 11.4. The van der Waals surface area contributed by atoms with Gasteiger partial charge in [0.25, 0.3) is 5.91 Å². The molecular formula is C23H21ClN2O3. The predicted octanol–water partition coefficient (Wildman–Crippen LogP) is 5.00. The molecule has 0 atom stereocenters. The van der Waals surface area contributed by atoms with Crippen molar-refractivity contribution in [1.82, 2.24) is 5.43 Å². The van der Waals surface area contributed by atoms with Gasteiger partial charge in [0, 0.05) is 5.56 Å². The number of hydrazone groups is 1. The van der Waals surface area contributed by atoms with Crippen LogP contribution in [0.3, 0.4) is 0 Å². The predicted molar refractivity (Wildman–Crippen MR) is 115 cm³/mol. The van der Waals surface area contributed by atoms with Crippen LogP contribution < -0.4 is 14.9 Å². The minimum absolute atomic E-state index is 0.355. The first-order valence-corrected chi connectivity index (χ1v) is 9.39. The van der Waals surface area contributed by atoms with Crippen molar-refractivity contribution in [2.45, 2.75) is 13.5 Å². The van der Waals surface area contributed by atoms with Crippen molar-refractivity contribution >= 4 is 23.7 Å². The molecule has 0 spiro atoms. The Balaban J connectivity index is 1.75. The van der Waals surface area contributed by atoms with Gasteiger partial charge >= 0.3 is 0 Å². The van der Waals surface area contributed by atoms with E-state index in [1.165, 1.54) is 6.21 Å². The number of hydrogen-bond acceptors (Lipinski definition) is 4. The lowest BCUT2D eigenvalue weighted by Gasteiger charge is -2.13. The van der Waals surface area contributed by atoms with Crippen LogP contribution in [0.4, 0.5) is 0 Å². The highest BCUT2D eigenvalue weighted by atomic mass is 35.5. The number of methoxy groups -OCH3 is 1. The van der Waals surface area contributed by atoms with Crippen molar-refractivity contribution in [3.05, 3.63) is 94.0 Å². The van der Waals surface area contributed by atoms with E-state index in [0.29, 0.717) is 34.3 Å². The summed E-state index contributed by atoms with van der Waals surface area (Å²) >= 11 is 6.04. The average molecular weight is 409 g/mol. The van der Waals surface area contributed by atoms with Crippen molar-refractivity contribution in [2.24, 2.45) is 5.10 Å².